The number of hydrogen-bond acceptors (Lipinski definition) is 5. The van der Waals surface area contributed by atoms with Crippen molar-refractivity contribution in [3.8, 4) is 17.2 Å². The molecule has 2 aromatic carbocycles. The van der Waals surface area contributed by atoms with Crippen molar-refractivity contribution in [2.45, 2.75) is 46.1 Å². The molecule has 2 aliphatic heterocycles. The van der Waals surface area contributed by atoms with Crippen molar-refractivity contribution < 1.29 is 14.3 Å². The van der Waals surface area contributed by atoms with E-state index in [2.05, 4.69) is 46.5 Å². The number of nitrogens with one attached hydrogen (secondary N) is 1. The number of benzene rings is 2. The van der Waals surface area contributed by atoms with Gasteiger partial charge in [-0.15, -0.1) is 0 Å². The van der Waals surface area contributed by atoms with E-state index >= 15 is 0 Å². The number of fused-ring (bicyclic) bond motifs is 1. The highest BCUT2D eigenvalue weighted by Crippen LogP contribution is 2.37. The molecule has 1 unspecified atom stereocenters. The number of hydrogen-bond donors (Lipinski definition) is 1. The first-order valence-electron chi connectivity index (χ1n) is 12.1. The van der Waals surface area contributed by atoms with Crippen LogP contribution in [0.3, 0.4) is 0 Å². The largest absolute Gasteiger partial charge is 0.490 e. The van der Waals surface area contributed by atoms with Crippen LogP contribution in [0, 0.1) is 20.8 Å². The zero-order chi connectivity index (χ0) is 23.7. The number of nitrogens with zero attached hydrogens (tertiary/aromatic N) is 3. The van der Waals surface area contributed by atoms with Gasteiger partial charge in [0.1, 0.15) is 0 Å². The lowest BCUT2D eigenvalue weighted by Gasteiger charge is -2.25. The number of aryl methyl sites for hydroxylation is 2. The molecule has 2 aliphatic rings. The van der Waals surface area contributed by atoms with E-state index in [1.54, 1.807) is 0 Å². The smallest absolute Gasteiger partial charge is 0.238 e. The summed E-state index contributed by atoms with van der Waals surface area (Å²) in [4.78, 5) is 15.3. The normalized spacial score (nSPS) is 18.0. The molecule has 1 saturated heterocycles. The Bertz CT molecular complexity index is 1190. The molecule has 0 bridgehead atoms. The number of rotatable bonds is 5. The summed E-state index contributed by atoms with van der Waals surface area (Å²) in [7, 11) is 0. The van der Waals surface area contributed by atoms with Gasteiger partial charge in [0.05, 0.1) is 42.5 Å². The number of carbonyl (C=O) groups is 1. The van der Waals surface area contributed by atoms with Gasteiger partial charge in [-0.25, -0.2) is 4.68 Å². The number of ether oxygens (including phenoxy) is 2. The minimum atomic E-state index is -0.0177. The number of aromatic nitrogens is 2. The molecule has 7 heteroatoms. The lowest BCUT2D eigenvalue weighted by Crippen LogP contribution is -2.33. The Labute approximate surface area is 200 Å². The van der Waals surface area contributed by atoms with Crippen LogP contribution in [0.4, 0.5) is 5.69 Å². The fourth-order valence-electron chi connectivity index (χ4n) is 4.90. The molecule has 3 heterocycles. The molecule has 1 atom stereocenters. The van der Waals surface area contributed by atoms with E-state index in [1.807, 2.05) is 36.7 Å². The maximum absolute atomic E-state index is 13.1. The first-order chi connectivity index (χ1) is 16.5. The molecule has 178 valence electrons. The van der Waals surface area contributed by atoms with Crippen LogP contribution in [-0.2, 0) is 4.79 Å². The van der Waals surface area contributed by atoms with Crippen LogP contribution < -0.4 is 14.8 Å². The highest BCUT2D eigenvalue weighted by Gasteiger charge is 2.29. The van der Waals surface area contributed by atoms with E-state index in [0.29, 0.717) is 19.8 Å². The molecule has 5 rings (SSSR count). The van der Waals surface area contributed by atoms with Crippen LogP contribution in [0.15, 0.2) is 42.5 Å². The molecule has 1 amide bonds. The molecular weight excluding hydrogens is 428 g/mol. The predicted octanol–water partition coefficient (Wildman–Crippen LogP) is 4.73. The van der Waals surface area contributed by atoms with Gasteiger partial charge in [-0.2, -0.15) is 5.10 Å². The molecule has 1 fully saturated rings. The highest BCUT2D eigenvalue weighted by molar-refractivity contribution is 5.93. The monoisotopic (exact) mass is 460 g/mol. The van der Waals surface area contributed by atoms with Crippen LogP contribution in [0.2, 0.25) is 0 Å². The fourth-order valence-corrected chi connectivity index (χ4v) is 4.90. The van der Waals surface area contributed by atoms with Crippen molar-refractivity contribution in [1.29, 1.82) is 0 Å². The number of amides is 1. The van der Waals surface area contributed by atoms with E-state index < -0.39 is 0 Å². The van der Waals surface area contributed by atoms with Gasteiger partial charge in [-0.3, -0.25) is 9.69 Å². The lowest BCUT2D eigenvalue weighted by molar-refractivity contribution is -0.117. The van der Waals surface area contributed by atoms with Gasteiger partial charge in [-0.05, 0) is 70.0 Å². The zero-order valence-corrected chi connectivity index (χ0v) is 20.1. The summed E-state index contributed by atoms with van der Waals surface area (Å²) in [5, 5.41) is 7.80. The van der Waals surface area contributed by atoms with Gasteiger partial charge in [0.25, 0.3) is 0 Å². The van der Waals surface area contributed by atoms with E-state index in [1.165, 1.54) is 11.1 Å². The first-order valence-corrected chi connectivity index (χ1v) is 12.1. The second kappa shape index (κ2) is 9.50. The van der Waals surface area contributed by atoms with Crippen molar-refractivity contribution >= 4 is 11.6 Å². The Kier molecular flexibility index (Phi) is 6.28. The lowest BCUT2D eigenvalue weighted by atomic mass is 10.0. The van der Waals surface area contributed by atoms with Crippen LogP contribution in [0.25, 0.3) is 5.69 Å². The summed E-state index contributed by atoms with van der Waals surface area (Å²) in [6, 6.07) is 14.6. The fraction of sp³-hybridized carbons (Fsp3) is 0.407. The number of anilines is 1. The Morgan fingerprint density at radius 3 is 2.59 bits per heavy atom. The second-order valence-electron chi connectivity index (χ2n) is 9.23. The average molecular weight is 461 g/mol. The molecule has 0 radical (unpaired) electrons. The second-order valence-corrected chi connectivity index (χ2v) is 9.23. The van der Waals surface area contributed by atoms with Gasteiger partial charge < -0.3 is 14.8 Å². The van der Waals surface area contributed by atoms with Crippen molar-refractivity contribution in [1.82, 2.24) is 14.7 Å². The molecule has 1 N–H and O–H groups in total. The molecule has 3 aromatic rings. The minimum absolute atomic E-state index is 0.0177. The Balaban J connectivity index is 1.29. The van der Waals surface area contributed by atoms with Crippen molar-refractivity contribution in [3.05, 3.63) is 65.0 Å². The number of likely N-dealkylation sites (tertiary alicyclic amines) is 1. The third-order valence-electron chi connectivity index (χ3n) is 6.70. The molecule has 0 aliphatic carbocycles. The van der Waals surface area contributed by atoms with E-state index in [-0.39, 0.29) is 11.9 Å². The molecule has 7 nitrogen and oxygen atoms in total. The molecule has 0 saturated carbocycles. The molecule has 1 aromatic heterocycles. The Hall–Kier alpha value is -3.32. The molecular formula is C27H32N4O3. The number of carbonyl (C=O) groups excluding carboxylic acids is 1. The van der Waals surface area contributed by atoms with Crippen molar-refractivity contribution in [2.24, 2.45) is 0 Å². The summed E-state index contributed by atoms with van der Waals surface area (Å²) in [5.41, 5.74) is 5.89. The zero-order valence-electron chi connectivity index (χ0n) is 20.1. The summed E-state index contributed by atoms with van der Waals surface area (Å²) in [5.74, 6) is 1.59. The SMILES string of the molecule is Cc1ccc(-n2nc(C)c(NC(=O)CN3CCCC3c3ccc4c(c3)OCCCO4)c2C)cc1. The van der Waals surface area contributed by atoms with Gasteiger partial charge in [0.2, 0.25) is 5.91 Å². The summed E-state index contributed by atoms with van der Waals surface area (Å²) in [6.07, 6.45) is 2.98. The van der Waals surface area contributed by atoms with Crippen molar-refractivity contribution in [3.63, 3.8) is 0 Å². The standard InChI is InChI=1S/C27H32N4O3/c1-18-7-10-22(11-8-18)31-20(3)27(19(2)29-31)28-26(32)17-30-13-4-6-23(30)21-9-12-24-25(16-21)34-15-5-14-33-24/h7-12,16,23H,4-6,13-15,17H2,1-3H3,(H,28,32). The highest BCUT2D eigenvalue weighted by atomic mass is 16.5. The van der Waals surface area contributed by atoms with Crippen LogP contribution in [0.5, 0.6) is 11.5 Å². The van der Waals surface area contributed by atoms with Gasteiger partial charge in [-0.1, -0.05) is 23.8 Å². The van der Waals surface area contributed by atoms with Gasteiger partial charge in [0, 0.05) is 12.5 Å². The third kappa shape index (κ3) is 4.53. The quantitative estimate of drug-likeness (QED) is 0.596. The summed E-state index contributed by atoms with van der Waals surface area (Å²) in [6.45, 7) is 8.58. The van der Waals surface area contributed by atoms with Crippen LogP contribution in [0.1, 0.15) is 47.8 Å². The predicted molar refractivity (Wildman–Crippen MR) is 132 cm³/mol. The average Bonchev–Trinajstić information content (AvgIpc) is 3.29. The summed E-state index contributed by atoms with van der Waals surface area (Å²) < 4.78 is 13.5. The topological polar surface area (TPSA) is 68.6 Å². The Morgan fingerprint density at radius 2 is 1.79 bits per heavy atom. The summed E-state index contributed by atoms with van der Waals surface area (Å²) >= 11 is 0. The maximum Gasteiger partial charge on any atom is 0.238 e. The molecule has 34 heavy (non-hydrogen) atoms. The molecule has 0 spiro atoms. The Morgan fingerprint density at radius 1 is 1.03 bits per heavy atom. The van der Waals surface area contributed by atoms with Gasteiger partial charge in [0.15, 0.2) is 11.5 Å². The van der Waals surface area contributed by atoms with E-state index in [0.717, 1.165) is 60.1 Å². The first kappa shape index (κ1) is 22.5. The van der Waals surface area contributed by atoms with E-state index in [4.69, 9.17) is 9.47 Å². The maximum atomic E-state index is 13.1. The van der Waals surface area contributed by atoms with Crippen LogP contribution >= 0.6 is 0 Å². The van der Waals surface area contributed by atoms with Crippen LogP contribution in [-0.4, -0.2) is 46.9 Å². The van der Waals surface area contributed by atoms with E-state index in [9.17, 15) is 4.79 Å². The third-order valence-corrected chi connectivity index (χ3v) is 6.70. The van der Waals surface area contributed by atoms with Gasteiger partial charge >= 0.3 is 0 Å². The van der Waals surface area contributed by atoms with Crippen molar-refractivity contribution in [2.75, 3.05) is 31.6 Å². The minimum Gasteiger partial charge on any atom is -0.490 e.